The monoisotopic (exact) mass is 445 g/mol. The molecular formula is C10H10F6N3O6PS. The van der Waals surface area contributed by atoms with Crippen LogP contribution in [0.1, 0.15) is 0 Å². The molecule has 0 fully saturated rings. The summed E-state index contributed by atoms with van der Waals surface area (Å²) in [6, 6.07) is 4.54. The third-order valence-corrected chi connectivity index (χ3v) is 4.02. The smallest absolute Gasteiger partial charge is 0.385 e. The molecule has 0 saturated heterocycles. The van der Waals surface area contributed by atoms with Crippen molar-refractivity contribution >= 4 is 35.5 Å². The van der Waals surface area contributed by atoms with Gasteiger partial charge in [-0.25, -0.2) is 8.42 Å². The minimum atomic E-state index is -10.7. The van der Waals surface area contributed by atoms with Gasteiger partial charge in [0.1, 0.15) is 13.1 Å². The number of rotatable bonds is 6. The fourth-order valence-electron chi connectivity index (χ4n) is 1.36. The Morgan fingerprint density at radius 1 is 0.963 bits per heavy atom. The summed E-state index contributed by atoms with van der Waals surface area (Å²) in [5.74, 6) is -2.95. The molecule has 0 heterocycles. The zero-order valence-electron chi connectivity index (χ0n) is 12.7. The zero-order valence-corrected chi connectivity index (χ0v) is 14.4. The van der Waals surface area contributed by atoms with Gasteiger partial charge in [-0.2, -0.15) is 4.31 Å². The van der Waals surface area contributed by atoms with E-state index in [2.05, 4.69) is 4.98 Å². The average Bonchev–Trinajstić information content (AvgIpc) is 2.42. The molecule has 9 nitrogen and oxygen atoms in total. The second kappa shape index (κ2) is 7.25. The van der Waals surface area contributed by atoms with Crippen molar-refractivity contribution in [2.24, 2.45) is 0 Å². The van der Waals surface area contributed by atoms with E-state index in [0.29, 0.717) is 4.31 Å². The Hall–Kier alpha value is -2.50. The second-order valence-electron chi connectivity index (χ2n) is 4.61. The second-order valence-corrected chi connectivity index (χ2v) is 8.47. The molecule has 0 bridgehead atoms. The van der Waals surface area contributed by atoms with Gasteiger partial charge in [-0.1, -0.05) is 0 Å². The Kier molecular flexibility index (Phi) is 6.58. The Morgan fingerprint density at radius 2 is 1.30 bits per heavy atom. The number of benzene rings is 1. The molecule has 0 radical (unpaired) electrons. The maximum atomic E-state index is 12.1. The molecule has 17 heteroatoms. The quantitative estimate of drug-likeness (QED) is 0.386. The number of hydrogen-bond donors (Lipinski definition) is 2. The molecular weight excluding hydrogens is 435 g/mol. The SMILES string of the molecule is F[P-](F)(F)(F)(F)F.N#[N+]c1ccc(S(=O)(=O)N(CC(=O)O)CC(=O)O)cc1. The van der Waals surface area contributed by atoms with Crippen LogP contribution in [-0.4, -0.2) is 48.0 Å². The Labute approximate surface area is 146 Å². The van der Waals surface area contributed by atoms with E-state index in [1.54, 1.807) is 0 Å². The van der Waals surface area contributed by atoms with Crippen LogP contribution >= 0.6 is 7.81 Å². The van der Waals surface area contributed by atoms with Crippen LogP contribution in [0.5, 0.6) is 0 Å². The standard InChI is InChI=1S/C10H9N3O6S.F6P/c11-12-7-1-3-8(4-2-7)20(18,19)13(5-9(14)15)6-10(16)17;1-7(2,3,4,5)6/h1-4H,5-6H2,(H-,14,15,16,17);/q;-1/p+1. The van der Waals surface area contributed by atoms with Gasteiger partial charge in [0.2, 0.25) is 15.4 Å². The number of aliphatic carboxylic acids is 2. The minimum Gasteiger partial charge on any atom is -0.480 e. The Morgan fingerprint density at radius 3 is 1.56 bits per heavy atom. The van der Waals surface area contributed by atoms with E-state index in [1.165, 1.54) is 12.1 Å². The van der Waals surface area contributed by atoms with Crippen molar-refractivity contribution in [3.63, 3.8) is 0 Å². The molecule has 0 amide bonds. The van der Waals surface area contributed by atoms with E-state index in [-0.39, 0.29) is 10.6 Å². The molecule has 0 spiro atoms. The zero-order chi connectivity index (χ0) is 21.7. The molecule has 0 aliphatic rings. The fraction of sp³-hybridized carbons (Fsp3) is 0.200. The van der Waals surface area contributed by atoms with Crippen molar-refractivity contribution in [1.29, 1.82) is 5.39 Å². The molecule has 1 aromatic carbocycles. The van der Waals surface area contributed by atoms with Crippen LogP contribution in [0.25, 0.3) is 4.98 Å². The summed E-state index contributed by atoms with van der Waals surface area (Å²) in [6.45, 7) is -1.94. The van der Waals surface area contributed by atoms with Crippen molar-refractivity contribution in [2.75, 3.05) is 13.1 Å². The molecule has 0 aromatic heterocycles. The molecule has 1 rings (SSSR count). The van der Waals surface area contributed by atoms with Gasteiger partial charge in [-0.05, 0) is 12.1 Å². The predicted molar refractivity (Wildman–Crippen MR) is 78.8 cm³/mol. The fourth-order valence-corrected chi connectivity index (χ4v) is 2.70. The minimum absolute atomic E-state index is 0.104. The van der Waals surface area contributed by atoms with Crippen molar-refractivity contribution < 1.29 is 53.4 Å². The van der Waals surface area contributed by atoms with Gasteiger partial charge in [-0.3, -0.25) is 9.59 Å². The normalized spacial score (nSPS) is 14.1. The molecule has 27 heavy (non-hydrogen) atoms. The summed E-state index contributed by atoms with van der Waals surface area (Å²) >= 11 is 0. The van der Waals surface area contributed by atoms with E-state index in [4.69, 9.17) is 15.6 Å². The summed E-state index contributed by atoms with van der Waals surface area (Å²) in [7, 11) is -14.9. The summed E-state index contributed by atoms with van der Waals surface area (Å²) in [5, 5.41) is 25.8. The molecule has 0 unspecified atom stereocenters. The van der Waals surface area contributed by atoms with Gasteiger partial charge in [0, 0.05) is 12.1 Å². The average molecular weight is 445 g/mol. The number of carbonyl (C=O) groups is 2. The van der Waals surface area contributed by atoms with Crippen LogP contribution in [0.15, 0.2) is 29.2 Å². The van der Waals surface area contributed by atoms with Crippen LogP contribution in [0.2, 0.25) is 0 Å². The van der Waals surface area contributed by atoms with E-state index in [0.717, 1.165) is 12.1 Å². The predicted octanol–water partition coefficient (Wildman–Crippen LogP) is 3.71. The van der Waals surface area contributed by atoms with E-state index in [9.17, 15) is 43.2 Å². The number of hydrogen-bond acceptors (Lipinski definition) is 5. The topological polar surface area (TPSA) is 140 Å². The summed E-state index contributed by atoms with van der Waals surface area (Å²) in [4.78, 5) is 23.8. The molecule has 0 aliphatic heterocycles. The van der Waals surface area contributed by atoms with Crippen LogP contribution in [0.4, 0.5) is 30.9 Å². The van der Waals surface area contributed by atoms with Gasteiger partial charge in [0.25, 0.3) is 0 Å². The van der Waals surface area contributed by atoms with Crippen LogP contribution in [0, 0.1) is 5.39 Å². The van der Waals surface area contributed by atoms with Crippen molar-refractivity contribution in [1.82, 2.24) is 4.31 Å². The molecule has 154 valence electrons. The van der Waals surface area contributed by atoms with Gasteiger partial charge in [0.15, 0.2) is 4.98 Å². The van der Waals surface area contributed by atoms with E-state index < -0.39 is 42.9 Å². The number of carboxylic acid groups (broad SMARTS) is 2. The number of sulfonamides is 1. The van der Waals surface area contributed by atoms with Gasteiger partial charge in [0.05, 0.1) is 4.90 Å². The first-order valence-electron chi connectivity index (χ1n) is 6.17. The number of carboxylic acids is 2. The van der Waals surface area contributed by atoms with Gasteiger partial charge < -0.3 is 10.2 Å². The molecule has 0 saturated carbocycles. The van der Waals surface area contributed by atoms with Crippen molar-refractivity contribution in [2.45, 2.75) is 4.90 Å². The third-order valence-electron chi connectivity index (χ3n) is 2.21. The maximum absolute atomic E-state index is 12.1. The van der Waals surface area contributed by atoms with Crippen molar-refractivity contribution in [3.05, 3.63) is 29.2 Å². The number of nitrogens with zero attached hydrogens (tertiary/aromatic N) is 3. The van der Waals surface area contributed by atoms with Crippen LogP contribution in [-0.2, 0) is 19.6 Å². The number of diazo groups is 1. The van der Waals surface area contributed by atoms with Crippen LogP contribution in [0.3, 0.4) is 0 Å². The summed E-state index contributed by atoms with van der Waals surface area (Å²) in [6.07, 6.45) is 0. The molecule has 0 aliphatic carbocycles. The Bertz CT molecular complexity index is 838. The first-order valence-corrected chi connectivity index (χ1v) is 9.64. The van der Waals surface area contributed by atoms with Gasteiger partial charge in [-0.15, -0.1) is 0 Å². The summed E-state index contributed by atoms with van der Waals surface area (Å²) < 4.78 is 83.7. The molecule has 2 N–H and O–H groups in total. The maximum Gasteiger partial charge on any atom is 0.385 e. The van der Waals surface area contributed by atoms with Crippen molar-refractivity contribution in [3.8, 4) is 0 Å². The third kappa shape index (κ3) is 12.5. The van der Waals surface area contributed by atoms with E-state index in [1.807, 2.05) is 0 Å². The number of halogens is 6. The summed E-state index contributed by atoms with van der Waals surface area (Å²) in [5.41, 5.74) is 0.104. The van der Waals surface area contributed by atoms with Gasteiger partial charge >= 0.3 is 50.6 Å². The largest absolute Gasteiger partial charge is 0.480 e. The van der Waals surface area contributed by atoms with E-state index >= 15 is 0 Å². The molecule has 1 aromatic rings. The Balaban J connectivity index is 0.000000821. The molecule has 0 atom stereocenters. The first kappa shape index (κ1) is 24.5. The first-order chi connectivity index (χ1) is 11.7. The van der Waals surface area contributed by atoms with Crippen LogP contribution < -0.4 is 0 Å².